The summed E-state index contributed by atoms with van der Waals surface area (Å²) in [5.74, 6) is 1.56. The summed E-state index contributed by atoms with van der Waals surface area (Å²) in [5, 5.41) is 14.3. The van der Waals surface area contributed by atoms with Crippen LogP contribution in [0.1, 0.15) is 12.5 Å². The van der Waals surface area contributed by atoms with E-state index in [0.29, 0.717) is 23.3 Å². The van der Waals surface area contributed by atoms with Gasteiger partial charge in [-0.25, -0.2) is 0 Å². The van der Waals surface area contributed by atoms with Gasteiger partial charge in [0.05, 0.1) is 0 Å². The molecule has 3 aromatic rings. The zero-order valence-corrected chi connectivity index (χ0v) is 14.8. The van der Waals surface area contributed by atoms with Crippen molar-refractivity contribution in [2.45, 2.75) is 13.5 Å². The highest BCUT2D eigenvalue weighted by Crippen LogP contribution is 2.20. The molecule has 0 aliphatic heterocycles. The van der Waals surface area contributed by atoms with Crippen molar-refractivity contribution in [2.24, 2.45) is 0 Å². The first kappa shape index (κ1) is 17.7. The predicted octanol–water partition coefficient (Wildman–Crippen LogP) is 4.41. The predicted molar refractivity (Wildman–Crippen MR) is 102 cm³/mol. The molecule has 0 bridgehead atoms. The summed E-state index contributed by atoms with van der Waals surface area (Å²) in [6, 6.07) is 18.5. The Bertz CT molecular complexity index is 866. The van der Waals surface area contributed by atoms with Crippen LogP contribution in [0.25, 0.3) is 0 Å². The molecule has 1 heterocycles. The maximum atomic E-state index is 11.0. The van der Waals surface area contributed by atoms with Crippen molar-refractivity contribution in [3.8, 4) is 5.75 Å². The number of benzene rings is 2. The molecule has 0 radical (unpaired) electrons. The van der Waals surface area contributed by atoms with Crippen LogP contribution in [0.2, 0.25) is 5.02 Å². The molecular weight excluding hydrogens is 352 g/mol. The zero-order chi connectivity index (χ0) is 18.4. The fourth-order valence-corrected chi connectivity index (χ4v) is 2.30. The molecule has 0 fully saturated rings. The van der Waals surface area contributed by atoms with Gasteiger partial charge in [0.25, 0.3) is 0 Å². The number of amides is 1. The molecule has 0 spiro atoms. The number of ether oxygens (including phenoxy) is 1. The normalized spacial score (nSPS) is 10.2. The summed E-state index contributed by atoms with van der Waals surface area (Å²) in [7, 11) is 0. The molecule has 0 aliphatic carbocycles. The molecule has 1 amide bonds. The molecule has 2 aromatic carbocycles. The molecule has 132 valence electrons. The summed E-state index contributed by atoms with van der Waals surface area (Å²) in [4.78, 5) is 11.0. The van der Waals surface area contributed by atoms with Gasteiger partial charge >= 0.3 is 0 Å². The van der Waals surface area contributed by atoms with E-state index in [0.717, 1.165) is 17.0 Å². The van der Waals surface area contributed by atoms with Crippen molar-refractivity contribution >= 4 is 34.8 Å². The van der Waals surface area contributed by atoms with Gasteiger partial charge in [0.2, 0.25) is 5.91 Å². The molecule has 0 saturated heterocycles. The van der Waals surface area contributed by atoms with Crippen LogP contribution in [0.3, 0.4) is 0 Å². The van der Waals surface area contributed by atoms with Gasteiger partial charge in [0.15, 0.2) is 11.6 Å². The van der Waals surface area contributed by atoms with Gasteiger partial charge < -0.3 is 15.4 Å². The minimum atomic E-state index is -0.186. The van der Waals surface area contributed by atoms with Gasteiger partial charge in [-0.05, 0) is 54.1 Å². The Morgan fingerprint density at radius 2 is 1.62 bits per heavy atom. The maximum absolute atomic E-state index is 11.0. The molecule has 1 aromatic heterocycles. The molecule has 7 heteroatoms. The summed E-state index contributed by atoms with van der Waals surface area (Å²) in [6.07, 6.45) is 0. The Morgan fingerprint density at radius 3 is 2.23 bits per heavy atom. The Kier molecular flexibility index (Phi) is 5.66. The van der Waals surface area contributed by atoms with Crippen LogP contribution in [0.4, 0.5) is 17.3 Å². The lowest BCUT2D eigenvalue weighted by Crippen LogP contribution is -2.08. The summed E-state index contributed by atoms with van der Waals surface area (Å²) in [6.45, 7) is 1.89. The molecule has 0 aliphatic rings. The average molecular weight is 369 g/mol. The highest BCUT2D eigenvalue weighted by atomic mass is 35.5. The second kappa shape index (κ2) is 8.31. The third-order valence-electron chi connectivity index (χ3n) is 3.41. The van der Waals surface area contributed by atoms with Crippen molar-refractivity contribution in [3.05, 3.63) is 71.2 Å². The van der Waals surface area contributed by atoms with Gasteiger partial charge in [-0.1, -0.05) is 23.7 Å². The Balaban J connectivity index is 1.55. The lowest BCUT2D eigenvalue weighted by atomic mass is 10.2. The Hall–Kier alpha value is -3.12. The van der Waals surface area contributed by atoms with Crippen LogP contribution in [-0.4, -0.2) is 16.1 Å². The molecule has 0 unspecified atom stereocenters. The number of carbonyl (C=O) groups excluding carboxylic acids is 1. The number of rotatable bonds is 6. The van der Waals surface area contributed by atoms with Crippen LogP contribution >= 0.6 is 11.6 Å². The standard InChI is InChI=1S/C19H17ClN4O2/c1-13(25)21-18-10-11-19(24-23-18)22-16-6-8-17(9-7-16)26-12-14-2-4-15(20)5-3-14/h2-11H,12H2,1H3,(H,22,24)(H,21,23,25). The molecular formula is C19H17ClN4O2. The molecule has 0 atom stereocenters. The molecule has 6 nitrogen and oxygen atoms in total. The second-order valence-corrected chi connectivity index (χ2v) is 5.99. The summed E-state index contributed by atoms with van der Waals surface area (Å²) in [5.41, 5.74) is 1.90. The fraction of sp³-hybridized carbons (Fsp3) is 0.105. The number of aromatic nitrogens is 2. The van der Waals surface area contributed by atoms with Crippen LogP contribution in [-0.2, 0) is 11.4 Å². The smallest absolute Gasteiger partial charge is 0.222 e. The number of anilines is 3. The third-order valence-corrected chi connectivity index (χ3v) is 3.67. The van der Waals surface area contributed by atoms with Crippen LogP contribution in [0, 0.1) is 0 Å². The summed E-state index contributed by atoms with van der Waals surface area (Å²) >= 11 is 5.87. The van der Waals surface area contributed by atoms with E-state index in [1.165, 1.54) is 6.92 Å². The molecule has 2 N–H and O–H groups in total. The van der Waals surface area contributed by atoms with E-state index in [-0.39, 0.29) is 5.91 Å². The highest BCUT2D eigenvalue weighted by Gasteiger charge is 2.01. The molecule has 26 heavy (non-hydrogen) atoms. The van der Waals surface area contributed by atoms with E-state index in [4.69, 9.17) is 16.3 Å². The second-order valence-electron chi connectivity index (χ2n) is 5.55. The SMILES string of the molecule is CC(=O)Nc1ccc(Nc2ccc(OCc3ccc(Cl)cc3)cc2)nn1. The number of nitrogens with one attached hydrogen (secondary N) is 2. The van der Waals surface area contributed by atoms with E-state index < -0.39 is 0 Å². The first-order valence-corrected chi connectivity index (χ1v) is 8.32. The van der Waals surface area contributed by atoms with E-state index in [1.807, 2.05) is 48.5 Å². The van der Waals surface area contributed by atoms with Crippen molar-refractivity contribution < 1.29 is 9.53 Å². The van der Waals surface area contributed by atoms with E-state index in [2.05, 4.69) is 20.8 Å². The van der Waals surface area contributed by atoms with Crippen molar-refractivity contribution in [2.75, 3.05) is 10.6 Å². The van der Waals surface area contributed by atoms with E-state index >= 15 is 0 Å². The lowest BCUT2D eigenvalue weighted by Gasteiger charge is -2.09. The van der Waals surface area contributed by atoms with E-state index in [9.17, 15) is 4.79 Å². The maximum Gasteiger partial charge on any atom is 0.222 e. The van der Waals surface area contributed by atoms with Crippen LogP contribution in [0.15, 0.2) is 60.7 Å². The van der Waals surface area contributed by atoms with Crippen molar-refractivity contribution in [1.82, 2.24) is 10.2 Å². The van der Waals surface area contributed by atoms with Gasteiger partial charge in [-0.2, -0.15) is 0 Å². The third kappa shape index (κ3) is 5.19. The number of carbonyl (C=O) groups is 1. The monoisotopic (exact) mass is 368 g/mol. The number of nitrogens with zero attached hydrogens (tertiary/aromatic N) is 2. The molecule has 0 saturated carbocycles. The topological polar surface area (TPSA) is 76.1 Å². The average Bonchev–Trinajstić information content (AvgIpc) is 2.64. The number of hydrogen-bond donors (Lipinski definition) is 2. The number of hydrogen-bond acceptors (Lipinski definition) is 5. The largest absolute Gasteiger partial charge is 0.489 e. The number of halogens is 1. The molecule has 3 rings (SSSR count). The Labute approximate surface area is 156 Å². The first-order valence-electron chi connectivity index (χ1n) is 7.94. The first-order chi connectivity index (χ1) is 12.6. The zero-order valence-electron chi connectivity index (χ0n) is 14.1. The van der Waals surface area contributed by atoms with Gasteiger partial charge in [0, 0.05) is 17.6 Å². The van der Waals surface area contributed by atoms with Crippen molar-refractivity contribution in [1.29, 1.82) is 0 Å². The Morgan fingerprint density at radius 1 is 0.962 bits per heavy atom. The summed E-state index contributed by atoms with van der Waals surface area (Å²) < 4.78 is 5.75. The van der Waals surface area contributed by atoms with Crippen LogP contribution < -0.4 is 15.4 Å². The van der Waals surface area contributed by atoms with Crippen molar-refractivity contribution in [3.63, 3.8) is 0 Å². The highest BCUT2D eigenvalue weighted by molar-refractivity contribution is 6.30. The fourth-order valence-electron chi connectivity index (χ4n) is 2.18. The minimum Gasteiger partial charge on any atom is -0.489 e. The minimum absolute atomic E-state index is 0.186. The van der Waals surface area contributed by atoms with E-state index in [1.54, 1.807) is 12.1 Å². The van der Waals surface area contributed by atoms with Gasteiger partial charge in [-0.3, -0.25) is 4.79 Å². The van der Waals surface area contributed by atoms with Crippen LogP contribution in [0.5, 0.6) is 5.75 Å². The quantitative estimate of drug-likeness (QED) is 0.674. The van der Waals surface area contributed by atoms with Gasteiger partial charge in [-0.15, -0.1) is 10.2 Å². The van der Waals surface area contributed by atoms with Gasteiger partial charge in [0.1, 0.15) is 12.4 Å². The lowest BCUT2D eigenvalue weighted by molar-refractivity contribution is -0.114.